The summed E-state index contributed by atoms with van der Waals surface area (Å²) in [4.78, 5) is 0. The zero-order valence-corrected chi connectivity index (χ0v) is 11.6. The molecule has 0 aliphatic carbocycles. The fourth-order valence-corrected chi connectivity index (χ4v) is 2.02. The van der Waals surface area contributed by atoms with Crippen LogP contribution in [0.4, 0.5) is 0 Å². The summed E-state index contributed by atoms with van der Waals surface area (Å²) in [6, 6.07) is 0. The Morgan fingerprint density at radius 2 is 1.14 bits per heavy atom. The third kappa shape index (κ3) is 12.5. The quantitative estimate of drug-likeness (QED) is 0.446. The molecule has 1 N–H and O–H groups in total. The van der Waals surface area contributed by atoms with Crippen molar-refractivity contribution in [3.63, 3.8) is 0 Å². The Balaban J connectivity index is 2.78. The Bertz CT molecular complexity index is 84.3. The third-order valence-electron chi connectivity index (χ3n) is 2.64. The van der Waals surface area contributed by atoms with Gasteiger partial charge in [-0.3, -0.25) is 0 Å². The van der Waals surface area contributed by atoms with E-state index >= 15 is 0 Å². The summed E-state index contributed by atoms with van der Waals surface area (Å²) >= 11 is 2.43. The van der Waals surface area contributed by atoms with Crippen LogP contribution in [0.2, 0.25) is 0 Å². The van der Waals surface area contributed by atoms with Crippen LogP contribution in [0.1, 0.15) is 71.1 Å². The molecule has 86 valence electrons. The molecule has 0 heterocycles. The van der Waals surface area contributed by atoms with Gasteiger partial charge in [-0.15, -0.1) is 0 Å². The van der Waals surface area contributed by atoms with Gasteiger partial charge in [0.05, 0.1) is 0 Å². The van der Waals surface area contributed by atoms with Crippen molar-refractivity contribution in [2.24, 2.45) is 0 Å². The van der Waals surface area contributed by atoms with E-state index in [1.807, 2.05) is 0 Å². The van der Waals surface area contributed by atoms with E-state index < -0.39 is 0 Å². The zero-order valence-electron chi connectivity index (χ0n) is 9.73. The minimum atomic E-state index is 1.16. The molecule has 0 aromatic rings. The normalized spacial score (nSPS) is 10.7. The molecule has 0 atom stereocenters. The van der Waals surface area contributed by atoms with Crippen molar-refractivity contribution < 1.29 is 0 Å². The van der Waals surface area contributed by atoms with Gasteiger partial charge in [0.25, 0.3) is 0 Å². The van der Waals surface area contributed by atoms with E-state index in [-0.39, 0.29) is 0 Å². The minimum absolute atomic E-state index is 1.16. The fraction of sp³-hybridized carbons (Fsp3) is 1.00. The molecule has 1 nitrogen and oxygen atoms in total. The second-order valence-corrected chi connectivity index (χ2v) is 4.75. The number of unbranched alkanes of at least 4 members (excludes halogenated alkanes) is 9. The van der Waals surface area contributed by atoms with Gasteiger partial charge >= 0.3 is 91.3 Å². The molecule has 14 heavy (non-hydrogen) atoms. The average molecular weight is 264 g/mol. The van der Waals surface area contributed by atoms with Crippen LogP contribution in [-0.2, 0) is 0 Å². The van der Waals surface area contributed by atoms with E-state index in [9.17, 15) is 0 Å². The molecule has 0 unspecified atom stereocenters. The van der Waals surface area contributed by atoms with Gasteiger partial charge in [-0.1, -0.05) is 6.92 Å². The van der Waals surface area contributed by atoms with Gasteiger partial charge in [0.15, 0.2) is 0 Å². The van der Waals surface area contributed by atoms with Gasteiger partial charge in [0.1, 0.15) is 0 Å². The molecule has 0 aliphatic heterocycles. The topological polar surface area (TPSA) is 12.0 Å². The van der Waals surface area contributed by atoms with Crippen LogP contribution in [-0.4, -0.2) is 22.8 Å². The van der Waals surface area contributed by atoms with Crippen molar-refractivity contribution in [1.82, 2.24) is 4.33 Å². The molecule has 0 saturated heterocycles. The Morgan fingerprint density at radius 3 is 1.57 bits per heavy atom. The number of rotatable bonds is 11. The Hall–Kier alpha value is 0.479. The molecule has 0 bridgehead atoms. The van der Waals surface area contributed by atoms with Crippen LogP contribution in [0.25, 0.3) is 0 Å². The molecule has 0 aromatic carbocycles. The summed E-state index contributed by atoms with van der Waals surface area (Å²) in [5.74, 6) is 0. The van der Waals surface area contributed by atoms with Crippen LogP contribution in [0.3, 0.4) is 0 Å². The van der Waals surface area contributed by atoms with Gasteiger partial charge in [-0.2, -0.15) is 0 Å². The van der Waals surface area contributed by atoms with E-state index in [2.05, 4.69) is 27.5 Å². The van der Waals surface area contributed by atoms with Crippen molar-refractivity contribution in [1.29, 1.82) is 0 Å². The molecule has 2 heteroatoms. The second-order valence-electron chi connectivity index (χ2n) is 4.09. The molecule has 0 saturated carbocycles. The van der Waals surface area contributed by atoms with E-state index in [0.717, 1.165) is 6.54 Å². The maximum atomic E-state index is 3.13. The predicted octanol–water partition coefficient (Wildman–Crippen LogP) is 3.31. The average Bonchev–Trinajstić information content (AvgIpc) is 2.21. The van der Waals surface area contributed by atoms with E-state index in [1.54, 1.807) is 0 Å². The predicted molar refractivity (Wildman–Crippen MR) is 67.0 cm³/mol. The molecule has 0 spiro atoms. The van der Waals surface area contributed by atoms with Crippen molar-refractivity contribution in [3.05, 3.63) is 0 Å². The van der Waals surface area contributed by atoms with Crippen LogP contribution < -0.4 is 4.33 Å². The summed E-state index contributed by atoms with van der Waals surface area (Å²) in [6.45, 7) is 3.44. The summed E-state index contributed by atoms with van der Waals surface area (Å²) < 4.78 is 3.13. The Labute approximate surface area is 98.5 Å². The number of nitrogens with one attached hydrogen (secondary N) is 1. The summed E-state index contributed by atoms with van der Waals surface area (Å²) in [5, 5.41) is 0. The number of hydrogen-bond donors (Lipinski definition) is 1. The zero-order chi connectivity index (χ0) is 10.5. The van der Waals surface area contributed by atoms with Crippen molar-refractivity contribution >= 4 is 16.2 Å². The first-order valence-electron chi connectivity index (χ1n) is 6.28. The van der Waals surface area contributed by atoms with E-state index in [1.165, 1.54) is 64.2 Å². The molecule has 0 fully saturated rings. The van der Waals surface area contributed by atoms with Crippen molar-refractivity contribution in [3.8, 4) is 0 Å². The third-order valence-corrected chi connectivity index (χ3v) is 3.11. The maximum absolute atomic E-state index is 3.13. The first-order valence-corrected chi connectivity index (χ1v) is 7.22. The summed E-state index contributed by atoms with van der Waals surface area (Å²) in [7, 11) is 0. The van der Waals surface area contributed by atoms with Crippen LogP contribution in [0, 0.1) is 0 Å². The SMILES string of the molecule is CCCCCCCCCCCCN[SeH]. The molecule has 0 aliphatic rings. The molecular formula is C12H27NSe. The Kier molecular flexibility index (Phi) is 13.9. The van der Waals surface area contributed by atoms with Gasteiger partial charge < -0.3 is 0 Å². The molecule has 0 rings (SSSR count). The summed E-state index contributed by atoms with van der Waals surface area (Å²) in [6.07, 6.45) is 14.2. The van der Waals surface area contributed by atoms with Crippen LogP contribution in [0.15, 0.2) is 0 Å². The van der Waals surface area contributed by atoms with Crippen molar-refractivity contribution in [2.75, 3.05) is 6.54 Å². The first-order chi connectivity index (χ1) is 6.91. The van der Waals surface area contributed by atoms with Gasteiger partial charge in [0, 0.05) is 0 Å². The molecule has 0 radical (unpaired) electrons. The van der Waals surface area contributed by atoms with Gasteiger partial charge in [-0.05, 0) is 0 Å². The number of hydrogen-bond acceptors (Lipinski definition) is 1. The Morgan fingerprint density at radius 1 is 0.714 bits per heavy atom. The van der Waals surface area contributed by atoms with Crippen LogP contribution in [0.5, 0.6) is 0 Å². The van der Waals surface area contributed by atoms with Crippen molar-refractivity contribution in [2.45, 2.75) is 71.1 Å². The summed E-state index contributed by atoms with van der Waals surface area (Å²) in [5.41, 5.74) is 0. The standard InChI is InChI=1S/C12H27NSe/c1-2-3-4-5-6-7-8-9-10-11-12-13-14/h13-14H,2-12H2,1H3. The van der Waals surface area contributed by atoms with E-state index in [0.29, 0.717) is 0 Å². The van der Waals surface area contributed by atoms with Crippen LogP contribution >= 0.6 is 0 Å². The van der Waals surface area contributed by atoms with E-state index in [4.69, 9.17) is 0 Å². The monoisotopic (exact) mass is 265 g/mol. The second kappa shape index (κ2) is 13.5. The molecule has 0 amide bonds. The van der Waals surface area contributed by atoms with Gasteiger partial charge in [-0.25, -0.2) is 0 Å². The fourth-order valence-electron chi connectivity index (χ4n) is 1.69. The molecular weight excluding hydrogens is 237 g/mol. The molecule has 0 aromatic heterocycles. The first kappa shape index (κ1) is 14.5. The van der Waals surface area contributed by atoms with Gasteiger partial charge in [0.2, 0.25) is 0 Å².